The number of amides is 2. The van der Waals surface area contributed by atoms with E-state index in [0.717, 1.165) is 12.0 Å². The second-order valence-electron chi connectivity index (χ2n) is 7.32. The van der Waals surface area contributed by atoms with Gasteiger partial charge in [0.15, 0.2) is 6.61 Å². The van der Waals surface area contributed by atoms with Gasteiger partial charge in [-0.1, -0.05) is 39.0 Å². The summed E-state index contributed by atoms with van der Waals surface area (Å²) in [6.07, 6.45) is 0.767. The molecule has 0 radical (unpaired) electrons. The highest BCUT2D eigenvalue weighted by Gasteiger charge is 2.27. The summed E-state index contributed by atoms with van der Waals surface area (Å²) in [5.74, 6) is -1.06. The third-order valence-corrected chi connectivity index (χ3v) is 4.65. The molecule has 0 fully saturated rings. The maximum Gasteiger partial charge on any atom is 0.329 e. The minimum Gasteiger partial charge on any atom is -0.494 e. The minimum atomic E-state index is -0.880. The number of rotatable bonds is 10. The molecule has 2 N–H and O–H groups in total. The Kier molecular flexibility index (Phi) is 9.06. The summed E-state index contributed by atoms with van der Waals surface area (Å²) >= 11 is 0. The van der Waals surface area contributed by atoms with Gasteiger partial charge in [0, 0.05) is 11.3 Å². The first kappa shape index (κ1) is 23.9. The Morgan fingerprint density at radius 2 is 1.65 bits per heavy atom. The zero-order valence-corrected chi connectivity index (χ0v) is 18.4. The number of carbonyl (C=O) groups is 3. The van der Waals surface area contributed by atoms with Gasteiger partial charge in [0.2, 0.25) is 0 Å². The van der Waals surface area contributed by atoms with Gasteiger partial charge in [0.1, 0.15) is 11.8 Å². The summed E-state index contributed by atoms with van der Waals surface area (Å²) in [6, 6.07) is 13.2. The monoisotopic (exact) mass is 426 g/mol. The van der Waals surface area contributed by atoms with Gasteiger partial charge in [-0.25, -0.2) is 4.79 Å². The Bertz CT molecular complexity index is 893. The molecular formula is C24H30N2O5. The Morgan fingerprint density at radius 1 is 0.968 bits per heavy atom. The Labute approximate surface area is 183 Å². The molecule has 0 aliphatic carbocycles. The predicted octanol–water partition coefficient (Wildman–Crippen LogP) is 3.58. The largest absolute Gasteiger partial charge is 0.494 e. The van der Waals surface area contributed by atoms with Crippen molar-refractivity contribution in [1.82, 2.24) is 5.32 Å². The van der Waals surface area contributed by atoms with Gasteiger partial charge >= 0.3 is 5.97 Å². The second kappa shape index (κ2) is 11.7. The van der Waals surface area contributed by atoms with Crippen molar-refractivity contribution in [1.29, 1.82) is 0 Å². The molecule has 7 heteroatoms. The highest BCUT2D eigenvalue weighted by atomic mass is 16.5. The molecule has 2 rings (SSSR count). The first-order valence-electron chi connectivity index (χ1n) is 10.4. The molecule has 7 nitrogen and oxygen atoms in total. The van der Waals surface area contributed by atoms with E-state index in [9.17, 15) is 14.4 Å². The quantitative estimate of drug-likeness (QED) is 0.567. The number of ether oxygens (including phenoxy) is 2. The van der Waals surface area contributed by atoms with E-state index in [1.807, 2.05) is 32.0 Å². The van der Waals surface area contributed by atoms with Gasteiger partial charge < -0.3 is 20.1 Å². The van der Waals surface area contributed by atoms with E-state index in [0.29, 0.717) is 23.6 Å². The summed E-state index contributed by atoms with van der Waals surface area (Å²) in [7, 11) is 0. The molecule has 0 aliphatic heterocycles. The lowest BCUT2D eigenvalue weighted by Gasteiger charge is -2.21. The molecule has 2 aromatic carbocycles. The number of carbonyl (C=O) groups excluding carboxylic acids is 3. The number of hydrogen-bond donors (Lipinski definition) is 2. The van der Waals surface area contributed by atoms with E-state index >= 15 is 0 Å². The Hall–Kier alpha value is -3.35. The second-order valence-corrected chi connectivity index (χ2v) is 7.32. The van der Waals surface area contributed by atoms with Crippen molar-refractivity contribution < 1.29 is 23.9 Å². The van der Waals surface area contributed by atoms with E-state index in [4.69, 9.17) is 9.47 Å². The average molecular weight is 427 g/mol. The third-order valence-electron chi connectivity index (χ3n) is 4.65. The van der Waals surface area contributed by atoms with Crippen LogP contribution < -0.4 is 15.4 Å². The van der Waals surface area contributed by atoms with Crippen LogP contribution in [0.1, 0.15) is 43.6 Å². The van der Waals surface area contributed by atoms with Crippen LogP contribution in [0.25, 0.3) is 0 Å². The maximum absolute atomic E-state index is 12.5. The standard InChI is InChI=1S/C24H30N2O5/c1-5-17-9-7-8-10-20(17)25-21(27)15-31-24(29)22(16(3)4)26-23(28)18-11-13-19(14-12-18)30-6-2/h7-14,16,22H,5-6,15H2,1-4H3,(H,25,27)(H,26,28). The van der Waals surface area contributed by atoms with Crippen molar-refractivity contribution in [2.24, 2.45) is 5.92 Å². The third kappa shape index (κ3) is 7.13. The van der Waals surface area contributed by atoms with Crippen molar-refractivity contribution in [2.75, 3.05) is 18.5 Å². The van der Waals surface area contributed by atoms with Crippen LogP contribution in [0.2, 0.25) is 0 Å². The normalized spacial score (nSPS) is 11.5. The van der Waals surface area contributed by atoms with E-state index in [2.05, 4.69) is 10.6 Å². The first-order valence-corrected chi connectivity index (χ1v) is 10.4. The highest BCUT2D eigenvalue weighted by molar-refractivity contribution is 5.97. The molecule has 0 saturated carbocycles. The topological polar surface area (TPSA) is 93.7 Å². The zero-order valence-electron chi connectivity index (χ0n) is 18.4. The summed E-state index contributed by atoms with van der Waals surface area (Å²) in [5.41, 5.74) is 2.08. The molecule has 31 heavy (non-hydrogen) atoms. The Morgan fingerprint density at radius 3 is 2.26 bits per heavy atom. The summed E-state index contributed by atoms with van der Waals surface area (Å²) in [5, 5.41) is 5.44. The van der Waals surface area contributed by atoms with Crippen LogP contribution in [0, 0.1) is 5.92 Å². The fourth-order valence-electron chi connectivity index (χ4n) is 2.95. The SMILES string of the molecule is CCOc1ccc(C(=O)NC(C(=O)OCC(=O)Nc2ccccc2CC)C(C)C)cc1. The molecule has 1 unspecified atom stereocenters. The van der Waals surface area contributed by atoms with Gasteiger partial charge in [0.05, 0.1) is 6.61 Å². The van der Waals surface area contributed by atoms with Crippen LogP contribution in [-0.2, 0) is 20.7 Å². The first-order chi connectivity index (χ1) is 14.8. The number of nitrogens with one attached hydrogen (secondary N) is 2. The van der Waals surface area contributed by atoms with Gasteiger partial charge in [-0.05, 0) is 55.2 Å². The smallest absolute Gasteiger partial charge is 0.329 e. The molecule has 0 bridgehead atoms. The van der Waals surface area contributed by atoms with Crippen molar-refractivity contribution in [3.05, 3.63) is 59.7 Å². The van der Waals surface area contributed by atoms with E-state index in [1.165, 1.54) is 0 Å². The Balaban J connectivity index is 1.93. The lowest BCUT2D eigenvalue weighted by molar-refractivity contribution is -0.150. The van der Waals surface area contributed by atoms with Gasteiger partial charge in [-0.3, -0.25) is 9.59 Å². The molecule has 0 saturated heterocycles. The van der Waals surface area contributed by atoms with Gasteiger partial charge in [-0.2, -0.15) is 0 Å². The van der Waals surface area contributed by atoms with Crippen LogP contribution in [0.4, 0.5) is 5.69 Å². The van der Waals surface area contributed by atoms with Crippen molar-refractivity contribution >= 4 is 23.5 Å². The lowest BCUT2D eigenvalue weighted by atomic mass is 10.0. The van der Waals surface area contributed by atoms with E-state index in [1.54, 1.807) is 44.2 Å². The number of para-hydroxylation sites is 1. The van der Waals surface area contributed by atoms with Crippen LogP contribution >= 0.6 is 0 Å². The molecule has 0 aromatic heterocycles. The summed E-state index contributed by atoms with van der Waals surface area (Å²) < 4.78 is 10.5. The number of esters is 1. The van der Waals surface area contributed by atoms with Crippen LogP contribution in [0.3, 0.4) is 0 Å². The van der Waals surface area contributed by atoms with E-state index in [-0.39, 0.29) is 5.92 Å². The average Bonchev–Trinajstić information content (AvgIpc) is 2.76. The maximum atomic E-state index is 12.5. The predicted molar refractivity (Wildman–Crippen MR) is 119 cm³/mol. The number of aryl methyl sites for hydroxylation is 1. The van der Waals surface area contributed by atoms with Crippen molar-refractivity contribution in [3.63, 3.8) is 0 Å². The lowest BCUT2D eigenvalue weighted by Crippen LogP contribution is -2.45. The van der Waals surface area contributed by atoms with Crippen LogP contribution in [-0.4, -0.2) is 37.0 Å². The summed E-state index contributed by atoms with van der Waals surface area (Å²) in [4.78, 5) is 37.3. The molecule has 0 spiro atoms. The molecule has 0 aliphatic rings. The zero-order chi connectivity index (χ0) is 22.8. The molecular weight excluding hydrogens is 396 g/mol. The molecule has 2 amide bonds. The fourth-order valence-corrected chi connectivity index (χ4v) is 2.95. The van der Waals surface area contributed by atoms with Crippen molar-refractivity contribution in [2.45, 2.75) is 40.2 Å². The van der Waals surface area contributed by atoms with Gasteiger partial charge in [0.25, 0.3) is 11.8 Å². The van der Waals surface area contributed by atoms with Gasteiger partial charge in [-0.15, -0.1) is 0 Å². The van der Waals surface area contributed by atoms with Crippen LogP contribution in [0.15, 0.2) is 48.5 Å². The molecule has 166 valence electrons. The van der Waals surface area contributed by atoms with Crippen LogP contribution in [0.5, 0.6) is 5.75 Å². The summed E-state index contributed by atoms with van der Waals surface area (Å²) in [6.45, 7) is 7.56. The minimum absolute atomic E-state index is 0.219. The highest BCUT2D eigenvalue weighted by Crippen LogP contribution is 2.16. The van der Waals surface area contributed by atoms with E-state index < -0.39 is 30.4 Å². The molecule has 0 heterocycles. The number of hydrogen-bond acceptors (Lipinski definition) is 5. The molecule has 2 aromatic rings. The number of anilines is 1. The molecule has 1 atom stereocenters. The van der Waals surface area contributed by atoms with Crippen molar-refractivity contribution in [3.8, 4) is 5.75 Å². The number of benzene rings is 2. The fraction of sp³-hybridized carbons (Fsp3) is 0.375.